The van der Waals surface area contributed by atoms with Gasteiger partial charge in [0.1, 0.15) is 0 Å². The molecule has 0 spiro atoms. The van der Waals surface area contributed by atoms with Crippen molar-refractivity contribution < 1.29 is 23.2 Å². The molecule has 7 nitrogen and oxygen atoms in total. The van der Waals surface area contributed by atoms with Crippen LogP contribution in [0.3, 0.4) is 0 Å². The summed E-state index contributed by atoms with van der Waals surface area (Å²) in [6, 6.07) is 14.8. The number of carbonyl (C=O) groups excluding carboxylic acids is 1. The van der Waals surface area contributed by atoms with E-state index < -0.39 is 12.1 Å². The Bertz CT molecular complexity index is 992. The quantitative estimate of drug-likeness (QED) is 0.435. The third-order valence-electron chi connectivity index (χ3n) is 6.93. The van der Waals surface area contributed by atoms with Gasteiger partial charge >= 0.3 is 6.18 Å². The molecule has 2 aliphatic rings. The van der Waals surface area contributed by atoms with E-state index in [0.717, 1.165) is 53.9 Å². The van der Waals surface area contributed by atoms with Gasteiger partial charge in [-0.2, -0.15) is 13.2 Å². The van der Waals surface area contributed by atoms with Gasteiger partial charge in [-0.15, -0.1) is 0 Å². The summed E-state index contributed by atoms with van der Waals surface area (Å²) >= 11 is 0. The molecule has 1 amide bonds. The zero-order valence-corrected chi connectivity index (χ0v) is 20.5. The molecule has 196 valence electrons. The van der Waals surface area contributed by atoms with Gasteiger partial charge in [0.15, 0.2) is 0 Å². The Labute approximate surface area is 210 Å². The van der Waals surface area contributed by atoms with Gasteiger partial charge < -0.3 is 15.1 Å². The van der Waals surface area contributed by atoms with E-state index in [4.69, 9.17) is 0 Å². The Morgan fingerprint density at radius 2 is 1.61 bits per heavy atom. The minimum Gasteiger partial charge on any atom is -0.371 e. The maximum absolute atomic E-state index is 13.1. The smallest absolute Gasteiger partial charge is 0.371 e. The van der Waals surface area contributed by atoms with Crippen LogP contribution in [0.15, 0.2) is 48.5 Å². The average Bonchev–Trinajstić information content (AvgIpc) is 2.86. The van der Waals surface area contributed by atoms with Gasteiger partial charge in [0.25, 0.3) is 5.91 Å². The number of likely N-dealkylation sites (N-methyl/N-ethyl adjacent to an activating group) is 1. The Hall–Kier alpha value is -2.82. The van der Waals surface area contributed by atoms with Crippen LogP contribution in [0.25, 0.3) is 0 Å². The number of benzene rings is 2. The van der Waals surface area contributed by atoms with Gasteiger partial charge in [-0.3, -0.25) is 14.9 Å². The summed E-state index contributed by atoms with van der Waals surface area (Å²) in [5.74, 6) is -1.60. The minimum atomic E-state index is -4.16. The van der Waals surface area contributed by atoms with Crippen molar-refractivity contribution in [1.82, 2.24) is 14.9 Å². The standard InChI is InChI=1S/C26H34F3N5O2/c1-31-13-15-32(16-14-31)19-25(35)34(36)17-20-4-6-22(7-5-20)30-23-8-10-24(11-9-23)33-12-2-3-21(18-33)26(27,28)29/h4-11,21,30,36H,2-3,12-19H2,1H3. The maximum atomic E-state index is 13.1. The molecule has 0 aliphatic carbocycles. The summed E-state index contributed by atoms with van der Waals surface area (Å²) < 4.78 is 39.3. The molecule has 0 aromatic heterocycles. The maximum Gasteiger partial charge on any atom is 0.393 e. The van der Waals surface area contributed by atoms with Gasteiger partial charge in [-0.05, 0) is 61.9 Å². The lowest BCUT2D eigenvalue weighted by Gasteiger charge is -2.35. The number of nitrogens with zero attached hydrogens (tertiary/aromatic N) is 4. The molecule has 0 bridgehead atoms. The van der Waals surface area contributed by atoms with Crippen molar-refractivity contribution in [2.45, 2.75) is 25.6 Å². The van der Waals surface area contributed by atoms with Gasteiger partial charge in [0.2, 0.25) is 0 Å². The molecular weight excluding hydrogens is 471 g/mol. The number of nitrogens with one attached hydrogen (secondary N) is 1. The topological polar surface area (TPSA) is 62.3 Å². The van der Waals surface area contributed by atoms with E-state index >= 15 is 0 Å². The number of rotatable bonds is 7. The lowest BCUT2D eigenvalue weighted by molar-refractivity contribution is -0.176. The molecule has 1 unspecified atom stereocenters. The molecule has 4 rings (SSSR count). The number of carbonyl (C=O) groups is 1. The average molecular weight is 506 g/mol. The van der Waals surface area contributed by atoms with Crippen molar-refractivity contribution in [1.29, 1.82) is 0 Å². The highest BCUT2D eigenvalue weighted by Gasteiger charge is 2.41. The van der Waals surface area contributed by atoms with Crippen LogP contribution in [0.1, 0.15) is 18.4 Å². The molecule has 10 heteroatoms. The normalized spacial score (nSPS) is 19.8. The fourth-order valence-electron chi connectivity index (χ4n) is 4.63. The van der Waals surface area contributed by atoms with Crippen molar-refractivity contribution in [3.8, 4) is 0 Å². The Morgan fingerprint density at radius 1 is 1.00 bits per heavy atom. The van der Waals surface area contributed by atoms with Crippen molar-refractivity contribution in [2.24, 2.45) is 5.92 Å². The second-order valence-corrected chi connectivity index (χ2v) is 9.73. The van der Waals surface area contributed by atoms with Crippen LogP contribution >= 0.6 is 0 Å². The first-order valence-electron chi connectivity index (χ1n) is 12.4. The Kier molecular flexibility index (Phi) is 8.38. The van der Waals surface area contributed by atoms with E-state index in [0.29, 0.717) is 13.0 Å². The van der Waals surface area contributed by atoms with Gasteiger partial charge in [0.05, 0.1) is 19.0 Å². The number of piperidine rings is 1. The van der Waals surface area contributed by atoms with Crippen LogP contribution in [0, 0.1) is 5.92 Å². The van der Waals surface area contributed by atoms with Crippen LogP contribution < -0.4 is 10.2 Å². The predicted molar refractivity (Wildman–Crippen MR) is 133 cm³/mol. The highest BCUT2D eigenvalue weighted by atomic mass is 19.4. The lowest BCUT2D eigenvalue weighted by Crippen LogP contribution is -2.48. The monoisotopic (exact) mass is 505 g/mol. The zero-order chi connectivity index (χ0) is 25.7. The van der Waals surface area contributed by atoms with E-state index in [1.165, 1.54) is 0 Å². The number of piperazine rings is 1. The Morgan fingerprint density at radius 3 is 2.22 bits per heavy atom. The molecule has 2 aromatic rings. The van der Waals surface area contributed by atoms with Crippen LogP contribution in [0.2, 0.25) is 0 Å². The third-order valence-corrected chi connectivity index (χ3v) is 6.93. The van der Waals surface area contributed by atoms with Crippen molar-refractivity contribution in [3.05, 3.63) is 54.1 Å². The molecule has 2 saturated heterocycles. The summed E-state index contributed by atoms with van der Waals surface area (Å²) in [4.78, 5) is 18.4. The molecular formula is C26H34F3N5O2. The fraction of sp³-hybridized carbons (Fsp3) is 0.500. The Balaban J connectivity index is 1.27. The number of anilines is 3. The molecule has 2 fully saturated rings. The second-order valence-electron chi connectivity index (χ2n) is 9.73. The summed E-state index contributed by atoms with van der Waals surface area (Å²) in [5.41, 5.74) is 3.24. The first kappa shape index (κ1) is 26.2. The highest BCUT2D eigenvalue weighted by molar-refractivity contribution is 5.77. The van der Waals surface area contributed by atoms with Crippen LogP contribution in [-0.2, 0) is 11.3 Å². The van der Waals surface area contributed by atoms with Crippen LogP contribution in [0.4, 0.5) is 30.2 Å². The van der Waals surface area contributed by atoms with Gasteiger partial charge in [-0.25, -0.2) is 5.06 Å². The van der Waals surface area contributed by atoms with Gasteiger partial charge in [0, 0.05) is 56.3 Å². The molecule has 2 N–H and O–H groups in total. The van der Waals surface area contributed by atoms with Crippen LogP contribution in [0.5, 0.6) is 0 Å². The van der Waals surface area contributed by atoms with E-state index in [9.17, 15) is 23.2 Å². The van der Waals surface area contributed by atoms with E-state index in [-0.39, 0.29) is 32.0 Å². The van der Waals surface area contributed by atoms with Gasteiger partial charge in [-0.1, -0.05) is 12.1 Å². The first-order valence-corrected chi connectivity index (χ1v) is 12.4. The van der Waals surface area contributed by atoms with E-state index in [1.807, 2.05) is 53.4 Å². The minimum absolute atomic E-state index is 0.00249. The first-order chi connectivity index (χ1) is 17.2. The number of hydroxylamine groups is 2. The SMILES string of the molecule is CN1CCN(CC(=O)N(O)Cc2ccc(Nc3ccc(N4CCCC(C(F)(F)F)C4)cc3)cc2)CC1. The molecule has 2 aromatic carbocycles. The number of hydrogen-bond donors (Lipinski definition) is 2. The van der Waals surface area contributed by atoms with Crippen molar-refractivity contribution >= 4 is 23.0 Å². The number of amides is 1. The fourth-order valence-corrected chi connectivity index (χ4v) is 4.63. The van der Waals surface area contributed by atoms with E-state index in [2.05, 4.69) is 17.3 Å². The summed E-state index contributed by atoms with van der Waals surface area (Å²) in [7, 11) is 2.05. The molecule has 2 aliphatic heterocycles. The lowest BCUT2D eigenvalue weighted by atomic mass is 9.97. The predicted octanol–water partition coefficient (Wildman–Crippen LogP) is 4.17. The summed E-state index contributed by atoms with van der Waals surface area (Å²) in [6.07, 6.45) is -3.44. The molecule has 1 atom stereocenters. The molecule has 0 saturated carbocycles. The largest absolute Gasteiger partial charge is 0.393 e. The number of halogens is 3. The summed E-state index contributed by atoms with van der Waals surface area (Å²) in [5, 5.41) is 14.3. The molecule has 2 heterocycles. The second kappa shape index (κ2) is 11.5. The molecule has 36 heavy (non-hydrogen) atoms. The zero-order valence-electron chi connectivity index (χ0n) is 20.5. The van der Waals surface area contributed by atoms with Crippen molar-refractivity contribution in [2.75, 3.05) is 63.1 Å². The van der Waals surface area contributed by atoms with Crippen LogP contribution in [-0.4, -0.2) is 85.0 Å². The molecule has 0 radical (unpaired) electrons. The number of hydrogen-bond acceptors (Lipinski definition) is 6. The third kappa shape index (κ3) is 7.11. The summed E-state index contributed by atoms with van der Waals surface area (Å²) in [6.45, 7) is 4.37. The van der Waals surface area contributed by atoms with E-state index in [1.54, 1.807) is 4.90 Å². The number of alkyl halides is 3. The highest BCUT2D eigenvalue weighted by Crippen LogP contribution is 2.35. The van der Waals surface area contributed by atoms with Crippen molar-refractivity contribution in [3.63, 3.8) is 0 Å².